The fourth-order valence-corrected chi connectivity index (χ4v) is 7.66. The zero-order valence-corrected chi connectivity index (χ0v) is 41.3. The van der Waals surface area contributed by atoms with Crippen molar-refractivity contribution < 1.29 is 32.9 Å². The highest BCUT2D eigenvalue weighted by molar-refractivity contribution is 7.47. The van der Waals surface area contributed by atoms with Crippen LogP contribution in [-0.4, -0.2) is 73.4 Å². The van der Waals surface area contributed by atoms with Crippen LogP contribution in [0.1, 0.15) is 213 Å². The van der Waals surface area contributed by atoms with Crippen LogP contribution in [0.15, 0.2) is 60.8 Å². The first kappa shape index (κ1) is 59.2. The molecule has 9 heteroatoms. The number of nitrogens with one attached hydrogen (secondary N) is 1. The van der Waals surface area contributed by atoms with Crippen molar-refractivity contribution in [3.05, 3.63) is 60.8 Å². The zero-order chi connectivity index (χ0) is 45.0. The number of nitrogens with zero attached hydrogens (tertiary/aromatic N) is 1. The summed E-state index contributed by atoms with van der Waals surface area (Å²) in [7, 11) is 1.53. The van der Waals surface area contributed by atoms with Gasteiger partial charge in [-0.05, 0) is 77.0 Å². The molecule has 0 aromatic heterocycles. The van der Waals surface area contributed by atoms with Crippen molar-refractivity contribution in [3.63, 3.8) is 0 Å². The molecule has 0 aliphatic carbocycles. The highest BCUT2D eigenvalue weighted by Gasteiger charge is 2.27. The third-order valence-corrected chi connectivity index (χ3v) is 11.9. The lowest BCUT2D eigenvalue weighted by atomic mass is 10.0. The molecule has 0 radical (unpaired) electrons. The van der Waals surface area contributed by atoms with Crippen molar-refractivity contribution in [3.8, 4) is 0 Å². The van der Waals surface area contributed by atoms with Gasteiger partial charge in [0.05, 0.1) is 39.9 Å². The molecule has 0 aliphatic rings. The maximum absolute atomic E-state index is 12.9. The van der Waals surface area contributed by atoms with Crippen molar-refractivity contribution in [1.29, 1.82) is 0 Å². The Balaban J connectivity index is 4.43. The van der Waals surface area contributed by atoms with E-state index in [0.717, 1.165) is 64.2 Å². The highest BCUT2D eigenvalue weighted by atomic mass is 31.2. The fourth-order valence-electron chi connectivity index (χ4n) is 6.93. The number of rotatable bonds is 45. The van der Waals surface area contributed by atoms with Crippen LogP contribution in [0, 0.1) is 0 Å². The number of phosphoric acid groups is 1. The maximum atomic E-state index is 12.9. The normalized spacial score (nSPS) is 14.7. The SMILES string of the molecule is CCCCC/C=C\C/C=C\CCCCCCCCCC(=O)NC(COP(=O)(O)OCC[N+](C)(C)C)C(O)/C=C/CC/C=C/CC/C=C/CCCCCCCCCCCCCC. The average Bonchev–Trinajstić information content (AvgIpc) is 3.21. The number of hydrogen-bond acceptors (Lipinski definition) is 5. The van der Waals surface area contributed by atoms with Crippen LogP contribution in [0.4, 0.5) is 0 Å². The van der Waals surface area contributed by atoms with Crippen LogP contribution < -0.4 is 5.32 Å². The smallest absolute Gasteiger partial charge is 0.387 e. The monoisotopic (exact) mass is 878 g/mol. The second kappa shape index (κ2) is 43.5. The lowest BCUT2D eigenvalue weighted by Gasteiger charge is -2.25. The van der Waals surface area contributed by atoms with Gasteiger partial charge in [0.15, 0.2) is 0 Å². The molecule has 3 unspecified atom stereocenters. The van der Waals surface area contributed by atoms with Gasteiger partial charge in [-0.1, -0.05) is 190 Å². The van der Waals surface area contributed by atoms with Crippen LogP contribution in [0.3, 0.4) is 0 Å². The zero-order valence-electron chi connectivity index (χ0n) is 40.4. The van der Waals surface area contributed by atoms with Crippen molar-refractivity contribution >= 4 is 13.7 Å². The van der Waals surface area contributed by atoms with E-state index in [4.69, 9.17) is 9.05 Å². The summed E-state index contributed by atoms with van der Waals surface area (Å²) < 4.78 is 23.6. The van der Waals surface area contributed by atoms with Gasteiger partial charge in [0, 0.05) is 6.42 Å². The van der Waals surface area contributed by atoms with E-state index in [0.29, 0.717) is 17.4 Å². The van der Waals surface area contributed by atoms with Crippen LogP contribution in [-0.2, 0) is 18.4 Å². The minimum atomic E-state index is -4.36. The van der Waals surface area contributed by atoms with E-state index in [2.05, 4.69) is 67.8 Å². The van der Waals surface area contributed by atoms with Gasteiger partial charge in [-0.25, -0.2) is 4.57 Å². The van der Waals surface area contributed by atoms with Crippen molar-refractivity contribution in [2.24, 2.45) is 0 Å². The number of quaternary nitrogens is 1. The number of carbonyl (C=O) groups is 1. The number of phosphoric ester groups is 1. The Kier molecular flexibility index (Phi) is 42.2. The first-order valence-corrected chi connectivity index (χ1v) is 26.7. The van der Waals surface area contributed by atoms with Gasteiger partial charge in [-0.2, -0.15) is 0 Å². The quantitative estimate of drug-likeness (QED) is 0.0244. The standard InChI is InChI=1S/C52H97N2O6P/c1-6-8-10-12-14-16-18-20-22-24-25-26-27-28-30-31-33-35-37-39-41-43-45-51(55)50(49-60-61(57,58)59-48-47-54(3,4)5)53-52(56)46-44-42-40-38-36-34-32-29-23-21-19-17-15-13-11-9-7-2/h15,17,21,23,28,30,35,37,43,45,50-51,55H,6-14,16,18-20,22,24-27,29,31-34,36,38-42,44,46-49H2,1-5H3,(H-,53,56,57,58)/p+1/b17-15-,23-21-,30-28+,37-35+,45-43+. The summed E-state index contributed by atoms with van der Waals surface area (Å²) in [5.41, 5.74) is 0. The highest BCUT2D eigenvalue weighted by Crippen LogP contribution is 2.43. The minimum absolute atomic E-state index is 0.0498. The number of aliphatic hydroxyl groups excluding tert-OH is 1. The molecule has 0 rings (SSSR count). The first-order valence-electron chi connectivity index (χ1n) is 25.2. The van der Waals surface area contributed by atoms with E-state index >= 15 is 0 Å². The van der Waals surface area contributed by atoms with Gasteiger partial charge in [0.25, 0.3) is 0 Å². The molecular formula is C52H98N2O6P+. The van der Waals surface area contributed by atoms with Gasteiger partial charge in [-0.15, -0.1) is 0 Å². The molecule has 61 heavy (non-hydrogen) atoms. The summed E-state index contributed by atoms with van der Waals surface area (Å²) in [6.45, 7) is 4.75. The summed E-state index contributed by atoms with van der Waals surface area (Å²) in [5.74, 6) is -0.201. The summed E-state index contributed by atoms with van der Waals surface area (Å²) in [6, 6.07) is -0.876. The number of hydrogen-bond donors (Lipinski definition) is 3. The predicted octanol–water partition coefficient (Wildman–Crippen LogP) is 14.6. The number of aliphatic hydroxyl groups is 1. The van der Waals surface area contributed by atoms with Gasteiger partial charge >= 0.3 is 7.82 Å². The average molecular weight is 878 g/mol. The lowest BCUT2D eigenvalue weighted by Crippen LogP contribution is -2.45. The lowest BCUT2D eigenvalue weighted by molar-refractivity contribution is -0.870. The molecule has 0 aromatic carbocycles. The Morgan fingerprint density at radius 1 is 0.557 bits per heavy atom. The molecule has 8 nitrogen and oxygen atoms in total. The molecular weight excluding hydrogens is 780 g/mol. The molecule has 0 spiro atoms. The Hall–Kier alpha value is -1.80. The van der Waals surface area contributed by atoms with Crippen molar-refractivity contribution in [2.75, 3.05) is 40.9 Å². The van der Waals surface area contributed by atoms with E-state index in [9.17, 15) is 19.4 Å². The van der Waals surface area contributed by atoms with Gasteiger partial charge in [0.2, 0.25) is 5.91 Å². The minimum Gasteiger partial charge on any atom is -0.387 e. The summed E-state index contributed by atoms with van der Waals surface area (Å²) >= 11 is 0. The van der Waals surface area contributed by atoms with Crippen LogP contribution in [0.2, 0.25) is 0 Å². The number of allylic oxidation sites excluding steroid dienone is 9. The molecule has 0 heterocycles. The maximum Gasteiger partial charge on any atom is 0.472 e. The fraction of sp³-hybridized carbons (Fsp3) is 0.788. The van der Waals surface area contributed by atoms with E-state index < -0.39 is 20.0 Å². The Labute approximate surface area is 377 Å². The van der Waals surface area contributed by atoms with E-state index in [1.54, 1.807) is 6.08 Å². The third kappa shape index (κ3) is 46.0. The molecule has 1 amide bonds. The summed E-state index contributed by atoms with van der Waals surface area (Å²) in [6.07, 6.45) is 57.3. The van der Waals surface area contributed by atoms with E-state index in [-0.39, 0.29) is 19.1 Å². The molecule has 0 saturated heterocycles. The van der Waals surface area contributed by atoms with Crippen LogP contribution in [0.25, 0.3) is 0 Å². The van der Waals surface area contributed by atoms with Crippen molar-refractivity contribution in [1.82, 2.24) is 5.32 Å². The molecule has 0 aromatic rings. The number of unbranched alkanes of at least 4 members (excludes halogenated alkanes) is 24. The van der Waals surface area contributed by atoms with Crippen molar-refractivity contribution in [2.45, 2.75) is 225 Å². The number of amides is 1. The second-order valence-corrected chi connectivity index (χ2v) is 19.6. The van der Waals surface area contributed by atoms with E-state index in [1.165, 1.54) is 128 Å². The Morgan fingerprint density at radius 3 is 1.44 bits per heavy atom. The number of carbonyl (C=O) groups excluding carboxylic acids is 1. The topological polar surface area (TPSA) is 105 Å². The molecule has 3 atom stereocenters. The molecule has 0 fully saturated rings. The van der Waals surface area contributed by atoms with Crippen LogP contribution >= 0.6 is 7.82 Å². The second-order valence-electron chi connectivity index (χ2n) is 18.2. The largest absolute Gasteiger partial charge is 0.472 e. The van der Waals surface area contributed by atoms with Gasteiger partial charge < -0.3 is 19.8 Å². The third-order valence-electron chi connectivity index (χ3n) is 10.9. The molecule has 0 aliphatic heterocycles. The van der Waals surface area contributed by atoms with Gasteiger partial charge in [-0.3, -0.25) is 13.8 Å². The molecule has 0 bridgehead atoms. The predicted molar refractivity (Wildman–Crippen MR) is 263 cm³/mol. The molecule has 356 valence electrons. The summed E-state index contributed by atoms with van der Waals surface area (Å²) in [5, 5.41) is 13.8. The first-order chi connectivity index (χ1) is 29.5. The van der Waals surface area contributed by atoms with E-state index in [1.807, 2.05) is 27.2 Å². The summed E-state index contributed by atoms with van der Waals surface area (Å²) in [4.78, 5) is 23.2. The molecule has 3 N–H and O–H groups in total. The van der Waals surface area contributed by atoms with Gasteiger partial charge in [0.1, 0.15) is 13.2 Å². The Morgan fingerprint density at radius 2 is 0.951 bits per heavy atom. The Bertz CT molecular complexity index is 1180. The van der Waals surface area contributed by atoms with Crippen LogP contribution in [0.5, 0.6) is 0 Å². The molecule has 0 saturated carbocycles. The number of likely N-dealkylation sites (N-methyl/N-ethyl adjacent to an activating group) is 1.